The number of hydrogen-bond acceptors (Lipinski definition) is 6. The number of aromatic nitrogens is 2. The van der Waals surface area contributed by atoms with Crippen molar-refractivity contribution in [2.24, 2.45) is 0 Å². The summed E-state index contributed by atoms with van der Waals surface area (Å²) in [6.07, 6.45) is 0.534. The second-order valence-corrected chi connectivity index (χ2v) is 3.66. The first-order valence-corrected chi connectivity index (χ1v) is 5.37. The van der Waals surface area contributed by atoms with Crippen LogP contribution in [0, 0.1) is 0 Å². The highest BCUT2D eigenvalue weighted by Crippen LogP contribution is 2.21. The van der Waals surface area contributed by atoms with Crippen LogP contribution in [0.5, 0.6) is 0 Å². The summed E-state index contributed by atoms with van der Waals surface area (Å²) in [5, 5.41) is 12.4. The smallest absolute Gasteiger partial charge is 0.314 e. The van der Waals surface area contributed by atoms with Gasteiger partial charge >= 0.3 is 5.97 Å². The zero-order chi connectivity index (χ0) is 11.3. The monoisotopic (exact) mass is 232 g/mol. The van der Waals surface area contributed by atoms with E-state index in [0.29, 0.717) is 5.82 Å². The fourth-order valence-corrected chi connectivity index (χ4v) is 1.48. The number of nitrogens with zero attached hydrogens (tertiary/aromatic N) is 2. The highest BCUT2D eigenvalue weighted by molar-refractivity contribution is 7.99. The van der Waals surface area contributed by atoms with E-state index >= 15 is 0 Å². The maximum atomic E-state index is 10.3. The zero-order valence-electron chi connectivity index (χ0n) is 8.47. The number of rotatable bonds is 6. The predicted octanol–water partition coefficient (Wildman–Crippen LogP) is 1.34. The van der Waals surface area contributed by atoms with Crippen LogP contribution in [-0.2, 0) is 9.53 Å². The first kappa shape index (κ1) is 12.0. The average Bonchev–Trinajstić information content (AvgIpc) is 2.65. The van der Waals surface area contributed by atoms with Gasteiger partial charge in [0, 0.05) is 7.11 Å². The van der Waals surface area contributed by atoms with Crippen LogP contribution in [0.1, 0.15) is 25.3 Å². The van der Waals surface area contributed by atoms with E-state index < -0.39 is 5.97 Å². The van der Waals surface area contributed by atoms with Gasteiger partial charge in [0.25, 0.3) is 5.22 Å². The Labute approximate surface area is 91.0 Å². The van der Waals surface area contributed by atoms with Crippen molar-refractivity contribution in [1.29, 1.82) is 0 Å². The van der Waals surface area contributed by atoms with Crippen LogP contribution >= 0.6 is 11.8 Å². The molecule has 84 valence electrons. The third kappa shape index (κ3) is 3.52. The number of methoxy groups -OCH3 is 1. The number of carboxylic acids is 1. The van der Waals surface area contributed by atoms with Gasteiger partial charge in [-0.05, 0) is 6.42 Å². The summed E-state index contributed by atoms with van der Waals surface area (Å²) in [5.41, 5.74) is 0. The Morgan fingerprint density at radius 3 is 3.00 bits per heavy atom. The number of thioether (sulfide) groups is 1. The van der Waals surface area contributed by atoms with E-state index in [-0.39, 0.29) is 17.1 Å². The van der Waals surface area contributed by atoms with Crippen molar-refractivity contribution >= 4 is 17.7 Å². The Bertz CT molecular complexity index is 324. The molecule has 1 heterocycles. The summed E-state index contributed by atoms with van der Waals surface area (Å²) in [6.45, 7) is 1.94. The standard InChI is InChI=1S/C8H12N2O4S/c1-3-5(13-2)7-9-8(14-10-7)15-4-6(11)12/h5H,3-4H2,1-2H3,(H,11,12). The Hall–Kier alpha value is -1.08. The Morgan fingerprint density at radius 2 is 2.47 bits per heavy atom. The second kappa shape index (κ2) is 5.72. The van der Waals surface area contributed by atoms with E-state index in [1.165, 1.54) is 0 Å². The molecule has 15 heavy (non-hydrogen) atoms. The summed E-state index contributed by atoms with van der Waals surface area (Å²) < 4.78 is 9.97. The fourth-order valence-electron chi connectivity index (χ4n) is 0.988. The lowest BCUT2D eigenvalue weighted by molar-refractivity contribution is -0.133. The third-order valence-electron chi connectivity index (χ3n) is 1.69. The Kier molecular flexibility index (Phi) is 4.57. The van der Waals surface area contributed by atoms with Crippen LogP contribution in [-0.4, -0.2) is 34.1 Å². The lowest BCUT2D eigenvalue weighted by Crippen LogP contribution is -2.02. The lowest BCUT2D eigenvalue weighted by atomic mass is 10.3. The summed E-state index contributed by atoms with van der Waals surface area (Å²) in [7, 11) is 1.56. The molecular formula is C8H12N2O4S. The summed E-state index contributed by atoms with van der Waals surface area (Å²) >= 11 is 0.992. The molecule has 1 rings (SSSR count). The molecule has 1 aromatic heterocycles. The van der Waals surface area contributed by atoms with E-state index in [9.17, 15) is 4.79 Å². The van der Waals surface area contributed by atoms with Crippen molar-refractivity contribution in [3.05, 3.63) is 5.82 Å². The van der Waals surface area contributed by atoms with E-state index in [1.807, 2.05) is 6.92 Å². The quantitative estimate of drug-likeness (QED) is 0.741. The van der Waals surface area contributed by atoms with E-state index in [2.05, 4.69) is 10.1 Å². The molecule has 1 aromatic rings. The minimum Gasteiger partial charge on any atom is -0.481 e. The normalized spacial score (nSPS) is 12.7. The molecule has 7 heteroatoms. The second-order valence-electron chi connectivity index (χ2n) is 2.73. The maximum absolute atomic E-state index is 10.3. The van der Waals surface area contributed by atoms with Crippen LogP contribution < -0.4 is 0 Å². The molecule has 0 aromatic carbocycles. The van der Waals surface area contributed by atoms with Gasteiger partial charge in [-0.2, -0.15) is 4.98 Å². The van der Waals surface area contributed by atoms with Gasteiger partial charge in [-0.25, -0.2) is 0 Å². The van der Waals surface area contributed by atoms with Crippen molar-refractivity contribution < 1.29 is 19.2 Å². The molecule has 0 aliphatic rings. The average molecular weight is 232 g/mol. The molecule has 0 amide bonds. The summed E-state index contributed by atoms with van der Waals surface area (Å²) in [4.78, 5) is 14.3. The third-order valence-corrected chi connectivity index (χ3v) is 2.49. The van der Waals surface area contributed by atoms with E-state index in [1.54, 1.807) is 7.11 Å². The molecule has 1 unspecified atom stereocenters. The van der Waals surface area contributed by atoms with Gasteiger partial charge in [-0.15, -0.1) is 0 Å². The largest absolute Gasteiger partial charge is 0.481 e. The molecule has 1 atom stereocenters. The highest BCUT2D eigenvalue weighted by atomic mass is 32.2. The Morgan fingerprint density at radius 1 is 1.73 bits per heavy atom. The van der Waals surface area contributed by atoms with Gasteiger partial charge in [0.1, 0.15) is 11.9 Å². The number of aliphatic carboxylic acids is 1. The molecule has 0 saturated carbocycles. The van der Waals surface area contributed by atoms with Crippen LogP contribution in [0.15, 0.2) is 9.75 Å². The molecule has 6 nitrogen and oxygen atoms in total. The van der Waals surface area contributed by atoms with Gasteiger partial charge in [0.15, 0.2) is 0 Å². The van der Waals surface area contributed by atoms with Gasteiger partial charge in [0.2, 0.25) is 5.82 Å². The molecule has 0 aliphatic heterocycles. The molecule has 1 N–H and O–H groups in total. The molecule has 0 aliphatic carbocycles. The number of carbonyl (C=O) groups is 1. The number of ether oxygens (including phenoxy) is 1. The van der Waals surface area contributed by atoms with Crippen LogP contribution in [0.3, 0.4) is 0 Å². The van der Waals surface area contributed by atoms with Gasteiger partial charge < -0.3 is 14.4 Å². The van der Waals surface area contributed by atoms with E-state index in [4.69, 9.17) is 14.4 Å². The topological polar surface area (TPSA) is 85.5 Å². The molecule has 0 bridgehead atoms. The van der Waals surface area contributed by atoms with Gasteiger partial charge in [0.05, 0.1) is 0 Å². The SMILES string of the molecule is CCC(OC)c1noc(SCC(=O)O)n1. The van der Waals surface area contributed by atoms with Crippen LogP contribution in [0.25, 0.3) is 0 Å². The minimum atomic E-state index is -0.918. The molecule has 0 fully saturated rings. The number of hydrogen-bond donors (Lipinski definition) is 1. The summed E-state index contributed by atoms with van der Waals surface area (Å²) in [6, 6.07) is 0. The van der Waals surface area contributed by atoms with Crippen LogP contribution in [0.4, 0.5) is 0 Å². The van der Waals surface area contributed by atoms with Crippen molar-refractivity contribution in [1.82, 2.24) is 10.1 Å². The maximum Gasteiger partial charge on any atom is 0.314 e. The fraction of sp³-hybridized carbons (Fsp3) is 0.625. The first-order chi connectivity index (χ1) is 7.17. The highest BCUT2D eigenvalue weighted by Gasteiger charge is 2.16. The van der Waals surface area contributed by atoms with Crippen LogP contribution in [0.2, 0.25) is 0 Å². The van der Waals surface area contributed by atoms with Crippen molar-refractivity contribution in [2.75, 3.05) is 12.9 Å². The van der Waals surface area contributed by atoms with Crippen molar-refractivity contribution in [3.8, 4) is 0 Å². The Balaban J connectivity index is 2.59. The molecule has 0 saturated heterocycles. The predicted molar refractivity (Wildman–Crippen MR) is 52.7 cm³/mol. The van der Waals surface area contributed by atoms with E-state index in [0.717, 1.165) is 18.2 Å². The molecule has 0 spiro atoms. The van der Waals surface area contributed by atoms with Crippen molar-refractivity contribution in [3.63, 3.8) is 0 Å². The molecular weight excluding hydrogens is 220 g/mol. The number of carboxylic acid groups (broad SMARTS) is 1. The zero-order valence-corrected chi connectivity index (χ0v) is 9.28. The minimum absolute atomic E-state index is 0.0919. The van der Waals surface area contributed by atoms with Crippen molar-refractivity contribution in [2.45, 2.75) is 24.7 Å². The summed E-state index contributed by atoms with van der Waals surface area (Å²) in [5.74, 6) is -0.558. The lowest BCUT2D eigenvalue weighted by Gasteiger charge is -2.05. The molecule has 0 radical (unpaired) electrons. The first-order valence-electron chi connectivity index (χ1n) is 4.38. The van der Waals surface area contributed by atoms with Gasteiger partial charge in [-0.1, -0.05) is 23.8 Å². The van der Waals surface area contributed by atoms with Gasteiger partial charge in [-0.3, -0.25) is 4.79 Å².